The Morgan fingerprint density at radius 2 is 1.70 bits per heavy atom. The zero-order valence-corrected chi connectivity index (χ0v) is 12.6. The van der Waals surface area contributed by atoms with Crippen molar-refractivity contribution >= 4 is 11.6 Å². The smallest absolute Gasteiger partial charge is 0.0467 e. The third-order valence-corrected chi connectivity index (χ3v) is 3.86. The summed E-state index contributed by atoms with van der Waals surface area (Å²) in [5.41, 5.74) is 8.51. The zero-order valence-electron chi connectivity index (χ0n) is 11.8. The summed E-state index contributed by atoms with van der Waals surface area (Å²) in [4.78, 5) is 2.30. The minimum absolute atomic E-state index is 0.232. The molecule has 0 radical (unpaired) electrons. The van der Waals surface area contributed by atoms with Gasteiger partial charge in [0.15, 0.2) is 0 Å². The maximum Gasteiger partial charge on any atom is 0.0467 e. The second-order valence-corrected chi connectivity index (χ2v) is 5.46. The number of hydrogen-bond acceptors (Lipinski definition) is 2. The van der Waals surface area contributed by atoms with Gasteiger partial charge in [0.2, 0.25) is 0 Å². The standard InChI is InChI=1S/C17H21ClN2/c1-20(12-11-14-5-3-2-4-6-14)17(13-19)15-7-9-16(18)10-8-15/h2-10,17H,11-13,19H2,1H3. The Labute approximate surface area is 126 Å². The predicted molar refractivity (Wildman–Crippen MR) is 86.0 cm³/mol. The number of benzene rings is 2. The minimum atomic E-state index is 0.232. The van der Waals surface area contributed by atoms with E-state index in [9.17, 15) is 0 Å². The number of halogens is 1. The van der Waals surface area contributed by atoms with Crippen LogP contribution in [0.5, 0.6) is 0 Å². The maximum atomic E-state index is 5.94. The largest absolute Gasteiger partial charge is 0.329 e. The van der Waals surface area contributed by atoms with E-state index in [1.165, 1.54) is 11.1 Å². The fourth-order valence-corrected chi connectivity index (χ4v) is 2.49. The lowest BCUT2D eigenvalue weighted by atomic mass is 10.0. The summed E-state index contributed by atoms with van der Waals surface area (Å²) in [6, 6.07) is 18.7. The van der Waals surface area contributed by atoms with Crippen molar-refractivity contribution in [1.29, 1.82) is 0 Å². The molecule has 0 saturated heterocycles. The van der Waals surface area contributed by atoms with Crippen molar-refractivity contribution in [3.63, 3.8) is 0 Å². The second-order valence-electron chi connectivity index (χ2n) is 5.02. The average molecular weight is 289 g/mol. The Morgan fingerprint density at radius 3 is 2.30 bits per heavy atom. The van der Waals surface area contributed by atoms with Crippen LogP contribution in [0.2, 0.25) is 5.02 Å². The van der Waals surface area contributed by atoms with Crippen LogP contribution in [0.25, 0.3) is 0 Å². The van der Waals surface area contributed by atoms with Gasteiger partial charge in [0.25, 0.3) is 0 Å². The van der Waals surface area contributed by atoms with Gasteiger partial charge in [0.05, 0.1) is 0 Å². The molecule has 0 bridgehead atoms. The topological polar surface area (TPSA) is 29.3 Å². The Morgan fingerprint density at radius 1 is 1.05 bits per heavy atom. The lowest BCUT2D eigenvalue weighted by Crippen LogP contribution is -2.32. The van der Waals surface area contributed by atoms with Crippen molar-refractivity contribution in [2.75, 3.05) is 20.1 Å². The molecule has 0 aliphatic carbocycles. The first-order valence-electron chi connectivity index (χ1n) is 6.90. The van der Waals surface area contributed by atoms with Gasteiger partial charge in [-0.1, -0.05) is 54.1 Å². The van der Waals surface area contributed by atoms with Gasteiger partial charge in [-0.2, -0.15) is 0 Å². The molecule has 2 aromatic carbocycles. The first-order chi connectivity index (χ1) is 9.70. The molecule has 106 valence electrons. The van der Waals surface area contributed by atoms with E-state index in [0.717, 1.165) is 18.0 Å². The molecule has 1 unspecified atom stereocenters. The van der Waals surface area contributed by atoms with E-state index >= 15 is 0 Å². The first kappa shape index (κ1) is 15.0. The monoisotopic (exact) mass is 288 g/mol. The van der Waals surface area contributed by atoms with E-state index in [-0.39, 0.29) is 6.04 Å². The molecule has 0 fully saturated rings. The van der Waals surface area contributed by atoms with Gasteiger partial charge in [-0.25, -0.2) is 0 Å². The maximum absolute atomic E-state index is 5.94. The van der Waals surface area contributed by atoms with Crippen molar-refractivity contribution < 1.29 is 0 Å². The van der Waals surface area contributed by atoms with Crippen LogP contribution >= 0.6 is 11.6 Å². The Balaban J connectivity index is 1.98. The molecule has 20 heavy (non-hydrogen) atoms. The zero-order chi connectivity index (χ0) is 14.4. The highest BCUT2D eigenvalue weighted by Gasteiger charge is 2.15. The van der Waals surface area contributed by atoms with Gasteiger partial charge in [-0.15, -0.1) is 0 Å². The summed E-state index contributed by atoms with van der Waals surface area (Å²) in [7, 11) is 2.12. The van der Waals surface area contributed by atoms with Crippen molar-refractivity contribution in [2.45, 2.75) is 12.5 Å². The highest BCUT2D eigenvalue weighted by Crippen LogP contribution is 2.20. The highest BCUT2D eigenvalue weighted by molar-refractivity contribution is 6.30. The summed E-state index contributed by atoms with van der Waals surface area (Å²) in [6.45, 7) is 1.58. The quantitative estimate of drug-likeness (QED) is 0.881. The van der Waals surface area contributed by atoms with Crippen LogP contribution in [-0.4, -0.2) is 25.0 Å². The summed E-state index contributed by atoms with van der Waals surface area (Å²) >= 11 is 5.94. The average Bonchev–Trinajstić information content (AvgIpc) is 2.49. The molecule has 2 N–H and O–H groups in total. The Hall–Kier alpha value is -1.35. The van der Waals surface area contributed by atoms with Crippen LogP contribution in [0, 0.1) is 0 Å². The molecule has 0 aromatic heterocycles. The molecule has 0 aliphatic heterocycles. The van der Waals surface area contributed by atoms with E-state index in [4.69, 9.17) is 17.3 Å². The third-order valence-electron chi connectivity index (χ3n) is 3.61. The fraction of sp³-hybridized carbons (Fsp3) is 0.294. The van der Waals surface area contributed by atoms with E-state index in [0.29, 0.717) is 6.54 Å². The van der Waals surface area contributed by atoms with Crippen molar-refractivity contribution in [3.05, 3.63) is 70.7 Å². The molecule has 3 heteroatoms. The molecule has 0 amide bonds. The van der Waals surface area contributed by atoms with E-state index < -0.39 is 0 Å². The molecule has 2 rings (SSSR count). The van der Waals surface area contributed by atoms with Crippen molar-refractivity contribution in [3.8, 4) is 0 Å². The SMILES string of the molecule is CN(CCc1ccccc1)C(CN)c1ccc(Cl)cc1. The normalized spacial score (nSPS) is 12.6. The van der Waals surface area contributed by atoms with Gasteiger partial charge in [0, 0.05) is 24.2 Å². The number of likely N-dealkylation sites (N-methyl/N-ethyl adjacent to an activating group) is 1. The minimum Gasteiger partial charge on any atom is -0.329 e. The lowest BCUT2D eigenvalue weighted by Gasteiger charge is -2.27. The van der Waals surface area contributed by atoms with Gasteiger partial charge in [-0.3, -0.25) is 4.90 Å². The molecule has 0 spiro atoms. The van der Waals surface area contributed by atoms with Crippen LogP contribution < -0.4 is 5.73 Å². The van der Waals surface area contributed by atoms with Gasteiger partial charge >= 0.3 is 0 Å². The summed E-state index contributed by atoms with van der Waals surface area (Å²) in [5, 5.41) is 0.761. The molecule has 0 heterocycles. The van der Waals surface area contributed by atoms with Crippen molar-refractivity contribution in [2.24, 2.45) is 5.73 Å². The number of rotatable bonds is 6. The second kappa shape index (κ2) is 7.44. The van der Waals surface area contributed by atoms with Crippen LogP contribution in [0.1, 0.15) is 17.2 Å². The summed E-state index contributed by atoms with van der Waals surface area (Å²) < 4.78 is 0. The van der Waals surface area contributed by atoms with E-state index in [1.54, 1.807) is 0 Å². The number of nitrogens with zero attached hydrogens (tertiary/aromatic N) is 1. The summed E-state index contributed by atoms with van der Waals surface area (Å²) in [5.74, 6) is 0. The molecule has 1 atom stereocenters. The predicted octanol–water partition coefficient (Wildman–Crippen LogP) is 3.51. The molecule has 0 aliphatic rings. The van der Waals surface area contributed by atoms with Crippen LogP contribution in [0.15, 0.2) is 54.6 Å². The Bertz CT molecular complexity index is 510. The van der Waals surface area contributed by atoms with Crippen LogP contribution in [-0.2, 0) is 6.42 Å². The van der Waals surface area contributed by atoms with Gasteiger partial charge in [-0.05, 0) is 36.7 Å². The van der Waals surface area contributed by atoms with Gasteiger partial charge < -0.3 is 5.73 Å². The molecule has 2 nitrogen and oxygen atoms in total. The van der Waals surface area contributed by atoms with E-state index in [2.05, 4.69) is 48.3 Å². The van der Waals surface area contributed by atoms with Crippen LogP contribution in [0.3, 0.4) is 0 Å². The highest BCUT2D eigenvalue weighted by atomic mass is 35.5. The first-order valence-corrected chi connectivity index (χ1v) is 7.28. The lowest BCUT2D eigenvalue weighted by molar-refractivity contribution is 0.253. The molecular weight excluding hydrogens is 268 g/mol. The number of nitrogens with two attached hydrogens (primary N) is 1. The van der Waals surface area contributed by atoms with Crippen molar-refractivity contribution in [1.82, 2.24) is 4.90 Å². The van der Waals surface area contributed by atoms with E-state index in [1.807, 2.05) is 18.2 Å². The van der Waals surface area contributed by atoms with Gasteiger partial charge in [0.1, 0.15) is 0 Å². The summed E-state index contributed by atoms with van der Waals surface area (Å²) in [6.07, 6.45) is 1.03. The molecule has 2 aromatic rings. The van der Waals surface area contributed by atoms with Crippen LogP contribution in [0.4, 0.5) is 0 Å². The molecule has 0 saturated carbocycles. The number of hydrogen-bond donors (Lipinski definition) is 1. The Kier molecular flexibility index (Phi) is 5.60. The third kappa shape index (κ3) is 4.07. The molecular formula is C17H21ClN2. The fourth-order valence-electron chi connectivity index (χ4n) is 2.36.